The van der Waals surface area contributed by atoms with Crippen molar-refractivity contribution in [1.29, 1.82) is 0 Å². The van der Waals surface area contributed by atoms with Gasteiger partial charge in [0.2, 0.25) is 0 Å². The molecular weight excluding hydrogens is 475 g/mol. The van der Waals surface area contributed by atoms with E-state index in [4.69, 9.17) is 0 Å². The predicted molar refractivity (Wildman–Crippen MR) is 166 cm³/mol. The smallest absolute Gasteiger partial charge is 0.0358 e. The fourth-order valence-electron chi connectivity index (χ4n) is 5.57. The Labute approximate surface area is 228 Å². The van der Waals surface area contributed by atoms with Gasteiger partial charge >= 0.3 is 0 Å². The molecule has 0 fully saturated rings. The van der Waals surface area contributed by atoms with Gasteiger partial charge < -0.3 is 0 Å². The molecule has 1 aliphatic carbocycles. The zero-order valence-electron chi connectivity index (χ0n) is 22.3. The van der Waals surface area contributed by atoms with Gasteiger partial charge in [0, 0.05) is 5.92 Å². The van der Waals surface area contributed by atoms with Crippen molar-refractivity contribution < 1.29 is 0 Å². The van der Waals surface area contributed by atoms with Crippen molar-refractivity contribution in [1.82, 2.24) is 0 Å². The van der Waals surface area contributed by atoms with Gasteiger partial charge in [-0.1, -0.05) is 148 Å². The number of hydrogen-bond acceptors (Lipinski definition) is 0. The Kier molecular flexibility index (Phi) is 6.61. The summed E-state index contributed by atoms with van der Waals surface area (Å²) in [5.74, 6) is 0.190. The molecule has 0 radical (unpaired) electrons. The van der Waals surface area contributed by atoms with E-state index in [1.807, 2.05) is 0 Å². The molecule has 0 spiro atoms. The molecule has 0 N–H and O–H groups in total. The molecule has 38 heavy (non-hydrogen) atoms. The maximum absolute atomic E-state index is 2.52. The molecular formula is C37H33P. The summed E-state index contributed by atoms with van der Waals surface area (Å²) in [5, 5.41) is 4.23. The summed E-state index contributed by atoms with van der Waals surface area (Å²) in [6, 6.07) is 49.4. The van der Waals surface area contributed by atoms with Crippen LogP contribution in [0.3, 0.4) is 0 Å². The topological polar surface area (TPSA) is 0 Å². The van der Waals surface area contributed by atoms with Gasteiger partial charge in [0.1, 0.15) is 0 Å². The van der Waals surface area contributed by atoms with E-state index in [0.29, 0.717) is 0 Å². The van der Waals surface area contributed by atoms with Crippen LogP contribution in [-0.2, 0) is 5.41 Å². The minimum absolute atomic E-state index is 0.0628. The van der Waals surface area contributed by atoms with Gasteiger partial charge in [-0.15, -0.1) is 0 Å². The third-order valence-corrected chi connectivity index (χ3v) is 10.0. The van der Waals surface area contributed by atoms with E-state index >= 15 is 0 Å². The van der Waals surface area contributed by atoms with E-state index in [9.17, 15) is 0 Å². The van der Waals surface area contributed by atoms with Gasteiger partial charge in [0.25, 0.3) is 0 Å². The average molecular weight is 509 g/mol. The van der Waals surface area contributed by atoms with Crippen LogP contribution in [-0.4, -0.2) is 0 Å². The third-order valence-electron chi connectivity index (χ3n) is 7.51. The summed E-state index contributed by atoms with van der Waals surface area (Å²) >= 11 is 0. The first-order chi connectivity index (χ1) is 18.5. The summed E-state index contributed by atoms with van der Waals surface area (Å²) < 4.78 is 0. The fourth-order valence-corrected chi connectivity index (χ4v) is 8.09. The van der Waals surface area contributed by atoms with Crippen LogP contribution in [0.4, 0.5) is 0 Å². The van der Waals surface area contributed by atoms with Gasteiger partial charge in [-0.25, -0.2) is 0 Å². The molecule has 1 heteroatoms. The van der Waals surface area contributed by atoms with Crippen molar-refractivity contribution in [3.05, 3.63) is 161 Å². The van der Waals surface area contributed by atoms with Crippen LogP contribution < -0.4 is 15.9 Å². The zero-order chi connectivity index (χ0) is 26.1. The zero-order valence-corrected chi connectivity index (χ0v) is 23.2. The molecule has 0 saturated carbocycles. The van der Waals surface area contributed by atoms with E-state index in [1.54, 1.807) is 0 Å². The maximum Gasteiger partial charge on any atom is 0.0358 e. The maximum atomic E-state index is 2.52. The van der Waals surface area contributed by atoms with E-state index in [2.05, 4.69) is 160 Å². The van der Waals surface area contributed by atoms with E-state index in [-0.39, 0.29) is 11.3 Å². The van der Waals surface area contributed by atoms with Crippen LogP contribution in [0.25, 0.3) is 11.6 Å². The lowest BCUT2D eigenvalue weighted by atomic mass is 9.82. The number of rotatable bonds is 5. The second-order valence-corrected chi connectivity index (χ2v) is 13.2. The van der Waals surface area contributed by atoms with Crippen molar-refractivity contribution >= 4 is 35.5 Å². The van der Waals surface area contributed by atoms with Crippen molar-refractivity contribution in [2.45, 2.75) is 32.1 Å². The van der Waals surface area contributed by atoms with Gasteiger partial charge in [-0.05, 0) is 74.8 Å². The van der Waals surface area contributed by atoms with Crippen LogP contribution >= 0.6 is 7.92 Å². The summed E-state index contributed by atoms with van der Waals surface area (Å²) in [6.45, 7) is 6.96. The standard InChI is InChI=1S/C37H33P/c1-37(2,3)29-23-24-33(35(26-29)38(30-18-9-5-10-19-30)31-20-11-6-12-21-31)36-32-22-14-13-17-28(32)25-34(36)27-15-7-4-8-16-27/h4-26,36H,1-3H3. The summed E-state index contributed by atoms with van der Waals surface area (Å²) in [7, 11) is -0.751. The molecule has 1 unspecified atom stereocenters. The Morgan fingerprint density at radius 3 is 1.71 bits per heavy atom. The second kappa shape index (κ2) is 10.2. The van der Waals surface area contributed by atoms with E-state index in [1.165, 1.54) is 49.3 Å². The molecule has 0 bridgehead atoms. The molecule has 0 aromatic heterocycles. The van der Waals surface area contributed by atoms with Crippen LogP contribution in [0, 0.1) is 0 Å². The first kappa shape index (κ1) is 24.6. The van der Waals surface area contributed by atoms with Gasteiger partial charge in [0.15, 0.2) is 0 Å². The quantitative estimate of drug-likeness (QED) is 0.209. The lowest BCUT2D eigenvalue weighted by Gasteiger charge is -2.29. The highest BCUT2D eigenvalue weighted by Crippen LogP contribution is 2.48. The first-order valence-electron chi connectivity index (χ1n) is 13.4. The Hall–Kier alpha value is -3.73. The molecule has 0 heterocycles. The van der Waals surface area contributed by atoms with Crippen molar-refractivity contribution in [3.63, 3.8) is 0 Å². The van der Waals surface area contributed by atoms with Crippen LogP contribution in [0.1, 0.15) is 54.5 Å². The highest BCUT2D eigenvalue weighted by molar-refractivity contribution is 7.79. The van der Waals surface area contributed by atoms with Gasteiger partial charge in [-0.3, -0.25) is 0 Å². The largest absolute Gasteiger partial charge is 0.0622 e. The Bertz CT molecular complexity index is 1540. The highest BCUT2D eigenvalue weighted by Gasteiger charge is 2.32. The summed E-state index contributed by atoms with van der Waals surface area (Å²) in [4.78, 5) is 0. The molecule has 0 amide bonds. The average Bonchev–Trinajstić information content (AvgIpc) is 3.34. The first-order valence-corrected chi connectivity index (χ1v) is 14.8. The number of allylic oxidation sites excluding steroid dienone is 1. The van der Waals surface area contributed by atoms with E-state index < -0.39 is 7.92 Å². The molecule has 5 aromatic carbocycles. The van der Waals surface area contributed by atoms with Crippen LogP contribution in [0.2, 0.25) is 0 Å². The fraction of sp³-hybridized carbons (Fsp3) is 0.135. The Morgan fingerprint density at radius 2 is 1.11 bits per heavy atom. The van der Waals surface area contributed by atoms with E-state index in [0.717, 1.165) is 0 Å². The predicted octanol–water partition coefficient (Wildman–Crippen LogP) is 8.43. The Morgan fingerprint density at radius 1 is 0.553 bits per heavy atom. The molecule has 0 nitrogen and oxygen atoms in total. The summed E-state index contributed by atoms with van der Waals surface area (Å²) in [5.41, 5.74) is 8.26. The molecule has 0 aliphatic heterocycles. The minimum Gasteiger partial charge on any atom is -0.0622 e. The molecule has 0 saturated heterocycles. The number of hydrogen-bond donors (Lipinski definition) is 0. The third kappa shape index (κ3) is 4.66. The second-order valence-electron chi connectivity index (χ2n) is 11.1. The minimum atomic E-state index is -0.751. The summed E-state index contributed by atoms with van der Waals surface area (Å²) in [6.07, 6.45) is 2.41. The lowest BCUT2D eigenvalue weighted by Crippen LogP contribution is -2.27. The molecule has 1 aliphatic rings. The van der Waals surface area contributed by atoms with Gasteiger partial charge in [-0.2, -0.15) is 0 Å². The highest BCUT2D eigenvalue weighted by atomic mass is 31.1. The van der Waals surface area contributed by atoms with Crippen LogP contribution in [0.15, 0.2) is 133 Å². The number of benzene rings is 5. The molecule has 5 aromatic rings. The molecule has 186 valence electrons. The molecule has 6 rings (SSSR count). The van der Waals surface area contributed by atoms with Gasteiger partial charge in [0.05, 0.1) is 0 Å². The van der Waals surface area contributed by atoms with Crippen LogP contribution in [0.5, 0.6) is 0 Å². The monoisotopic (exact) mass is 508 g/mol. The normalized spacial score (nSPS) is 14.8. The number of fused-ring (bicyclic) bond motifs is 1. The Balaban J connectivity index is 1.64. The SMILES string of the molecule is CC(C)(C)c1ccc(C2C(c3ccccc3)=Cc3ccccc32)c(P(c2ccccc2)c2ccccc2)c1. The van der Waals surface area contributed by atoms with Crippen molar-refractivity contribution in [2.24, 2.45) is 0 Å². The van der Waals surface area contributed by atoms with Crippen molar-refractivity contribution in [2.75, 3.05) is 0 Å². The lowest BCUT2D eigenvalue weighted by molar-refractivity contribution is 0.590. The molecule has 1 atom stereocenters. The van der Waals surface area contributed by atoms with Crippen molar-refractivity contribution in [3.8, 4) is 0 Å².